The summed E-state index contributed by atoms with van der Waals surface area (Å²) < 4.78 is 0. The molecule has 0 radical (unpaired) electrons. The smallest absolute Gasteiger partial charge is 0.253 e. The molecule has 2 aromatic rings. The molecule has 0 aliphatic rings. The SMILES string of the molecule is CCNC(=NCc1ccc(C(=O)NCC(N)=O)cc1)NCc1ccc(C(=O)N(C)C)cc1.I. The zero-order valence-electron chi connectivity index (χ0n) is 19.1. The van der Waals surface area contributed by atoms with Crippen LogP contribution < -0.4 is 21.7 Å². The van der Waals surface area contributed by atoms with Gasteiger partial charge in [-0.3, -0.25) is 14.4 Å². The molecule has 0 aliphatic heterocycles. The lowest BCUT2D eigenvalue weighted by Gasteiger charge is -2.13. The van der Waals surface area contributed by atoms with Crippen molar-refractivity contribution in [2.75, 3.05) is 27.2 Å². The summed E-state index contributed by atoms with van der Waals surface area (Å²) in [6, 6.07) is 14.4. The first-order valence-electron chi connectivity index (χ1n) is 10.3. The van der Waals surface area contributed by atoms with E-state index in [1.54, 1.807) is 31.1 Å². The van der Waals surface area contributed by atoms with Gasteiger partial charge in [0.05, 0.1) is 13.1 Å². The van der Waals surface area contributed by atoms with E-state index in [9.17, 15) is 14.4 Å². The van der Waals surface area contributed by atoms with Gasteiger partial charge in [0.15, 0.2) is 5.96 Å². The fourth-order valence-electron chi connectivity index (χ4n) is 2.75. The Kier molecular flexibility index (Phi) is 11.9. The predicted octanol–water partition coefficient (Wildman–Crippen LogP) is 1.48. The zero-order valence-corrected chi connectivity index (χ0v) is 21.4. The molecule has 0 heterocycles. The van der Waals surface area contributed by atoms with Crippen LogP contribution in [0.5, 0.6) is 0 Å². The lowest BCUT2D eigenvalue weighted by Crippen LogP contribution is -2.36. The normalized spacial score (nSPS) is 10.6. The number of aliphatic imine (C=N–C) groups is 1. The van der Waals surface area contributed by atoms with Crippen LogP contribution in [0, 0.1) is 0 Å². The van der Waals surface area contributed by atoms with E-state index in [0.29, 0.717) is 36.7 Å². The fourth-order valence-corrected chi connectivity index (χ4v) is 2.75. The monoisotopic (exact) mass is 566 g/mol. The summed E-state index contributed by atoms with van der Waals surface area (Å²) in [6.07, 6.45) is 0. The maximum atomic E-state index is 12.0. The lowest BCUT2D eigenvalue weighted by molar-refractivity contribution is -0.117. The number of hydrogen-bond donors (Lipinski definition) is 4. The average Bonchev–Trinajstić information content (AvgIpc) is 2.79. The maximum Gasteiger partial charge on any atom is 0.253 e. The molecule has 2 rings (SSSR count). The van der Waals surface area contributed by atoms with Crippen LogP contribution in [0.4, 0.5) is 0 Å². The first-order valence-corrected chi connectivity index (χ1v) is 10.3. The van der Waals surface area contributed by atoms with E-state index in [1.165, 1.54) is 0 Å². The van der Waals surface area contributed by atoms with E-state index >= 15 is 0 Å². The average molecular weight is 566 g/mol. The second kappa shape index (κ2) is 14.1. The van der Waals surface area contributed by atoms with E-state index in [0.717, 1.165) is 11.1 Å². The van der Waals surface area contributed by atoms with E-state index in [2.05, 4.69) is 20.9 Å². The summed E-state index contributed by atoms with van der Waals surface area (Å²) in [6.45, 7) is 3.48. The molecule has 0 spiro atoms. The third-order valence-corrected chi connectivity index (χ3v) is 4.47. The Morgan fingerprint density at radius 3 is 2.00 bits per heavy atom. The molecule has 0 aliphatic carbocycles. The number of halogens is 1. The van der Waals surface area contributed by atoms with Crippen LogP contribution in [0.2, 0.25) is 0 Å². The Morgan fingerprint density at radius 1 is 0.879 bits per heavy atom. The number of guanidine groups is 1. The van der Waals surface area contributed by atoms with Gasteiger partial charge in [-0.2, -0.15) is 0 Å². The molecule has 178 valence electrons. The summed E-state index contributed by atoms with van der Waals surface area (Å²) >= 11 is 0. The van der Waals surface area contributed by atoms with Gasteiger partial charge in [0.1, 0.15) is 0 Å². The minimum Gasteiger partial charge on any atom is -0.368 e. The summed E-state index contributed by atoms with van der Waals surface area (Å²) in [4.78, 5) is 40.8. The molecular formula is C23H31IN6O3. The largest absolute Gasteiger partial charge is 0.368 e. The van der Waals surface area contributed by atoms with Crippen LogP contribution in [-0.2, 0) is 17.9 Å². The summed E-state index contributed by atoms with van der Waals surface area (Å²) in [7, 11) is 3.45. The number of benzene rings is 2. The van der Waals surface area contributed by atoms with Crippen LogP contribution in [0.1, 0.15) is 38.8 Å². The van der Waals surface area contributed by atoms with Crippen LogP contribution in [-0.4, -0.2) is 55.8 Å². The van der Waals surface area contributed by atoms with Crippen LogP contribution in [0.3, 0.4) is 0 Å². The Hall–Kier alpha value is -3.15. The molecule has 0 saturated carbocycles. The molecular weight excluding hydrogens is 535 g/mol. The lowest BCUT2D eigenvalue weighted by atomic mass is 10.1. The van der Waals surface area contributed by atoms with Gasteiger partial charge in [0, 0.05) is 38.3 Å². The molecule has 9 nitrogen and oxygen atoms in total. The summed E-state index contributed by atoms with van der Waals surface area (Å²) in [5.41, 5.74) is 8.08. The van der Waals surface area contributed by atoms with Crippen molar-refractivity contribution in [2.24, 2.45) is 10.7 Å². The molecule has 5 N–H and O–H groups in total. The quantitative estimate of drug-likeness (QED) is 0.208. The highest BCUT2D eigenvalue weighted by molar-refractivity contribution is 14.0. The van der Waals surface area contributed by atoms with Gasteiger partial charge < -0.3 is 26.6 Å². The van der Waals surface area contributed by atoms with Gasteiger partial charge in [-0.1, -0.05) is 24.3 Å². The van der Waals surface area contributed by atoms with Crippen LogP contribution in [0.25, 0.3) is 0 Å². The molecule has 0 unspecified atom stereocenters. The van der Waals surface area contributed by atoms with Crippen LogP contribution in [0.15, 0.2) is 53.5 Å². The Balaban J connectivity index is 0.00000544. The highest BCUT2D eigenvalue weighted by atomic mass is 127. The van der Waals surface area contributed by atoms with Crippen molar-refractivity contribution in [3.63, 3.8) is 0 Å². The number of hydrogen-bond acceptors (Lipinski definition) is 4. The maximum absolute atomic E-state index is 12.0. The van der Waals surface area contributed by atoms with Gasteiger partial charge in [0.25, 0.3) is 11.8 Å². The van der Waals surface area contributed by atoms with Crippen molar-refractivity contribution in [3.8, 4) is 0 Å². The van der Waals surface area contributed by atoms with Crippen molar-refractivity contribution >= 4 is 47.7 Å². The summed E-state index contributed by atoms with van der Waals surface area (Å²) in [5.74, 6) is -0.321. The minimum atomic E-state index is -0.592. The number of nitrogens with two attached hydrogens (primary N) is 1. The standard InChI is InChI=1S/C23H30N6O3.HI/c1-4-25-23(28-14-17-7-11-19(12-8-17)22(32)29(2)3)27-13-16-5-9-18(10-6-16)21(31)26-15-20(24)30;/h5-12H,4,13-15H2,1-3H3,(H2,24,30)(H,26,31)(H2,25,27,28);1H. The number of rotatable bonds is 9. The molecule has 0 bridgehead atoms. The van der Waals surface area contributed by atoms with E-state index < -0.39 is 5.91 Å². The van der Waals surface area contributed by atoms with Gasteiger partial charge in [-0.15, -0.1) is 24.0 Å². The van der Waals surface area contributed by atoms with E-state index in [4.69, 9.17) is 5.73 Å². The van der Waals surface area contributed by atoms with Crippen molar-refractivity contribution in [1.82, 2.24) is 20.9 Å². The Morgan fingerprint density at radius 2 is 1.45 bits per heavy atom. The van der Waals surface area contributed by atoms with Crippen molar-refractivity contribution in [2.45, 2.75) is 20.0 Å². The van der Waals surface area contributed by atoms with Gasteiger partial charge >= 0.3 is 0 Å². The number of primary amides is 1. The van der Waals surface area contributed by atoms with Gasteiger partial charge in [-0.25, -0.2) is 4.99 Å². The third kappa shape index (κ3) is 9.48. The zero-order chi connectivity index (χ0) is 23.5. The van der Waals surface area contributed by atoms with E-state index in [-0.39, 0.29) is 42.3 Å². The predicted molar refractivity (Wildman–Crippen MR) is 139 cm³/mol. The highest BCUT2D eigenvalue weighted by Gasteiger charge is 2.08. The molecule has 0 aromatic heterocycles. The van der Waals surface area contributed by atoms with Crippen molar-refractivity contribution in [3.05, 3.63) is 70.8 Å². The molecule has 0 fully saturated rings. The molecule has 0 atom stereocenters. The number of carbonyl (C=O) groups excluding carboxylic acids is 3. The first kappa shape index (κ1) is 27.9. The minimum absolute atomic E-state index is 0. The second-order valence-electron chi connectivity index (χ2n) is 7.29. The fraction of sp³-hybridized carbons (Fsp3) is 0.304. The number of amides is 3. The van der Waals surface area contributed by atoms with E-state index in [1.807, 2.05) is 43.3 Å². The number of nitrogens with zero attached hydrogens (tertiary/aromatic N) is 2. The third-order valence-electron chi connectivity index (χ3n) is 4.47. The highest BCUT2D eigenvalue weighted by Crippen LogP contribution is 2.07. The Labute approximate surface area is 211 Å². The van der Waals surface area contributed by atoms with Gasteiger partial charge in [0.2, 0.25) is 5.91 Å². The molecule has 3 amide bonds. The van der Waals surface area contributed by atoms with Gasteiger partial charge in [-0.05, 0) is 42.3 Å². The molecule has 2 aromatic carbocycles. The Bertz CT molecular complexity index is 959. The van der Waals surface area contributed by atoms with Crippen LogP contribution >= 0.6 is 24.0 Å². The second-order valence-corrected chi connectivity index (χ2v) is 7.29. The molecule has 0 saturated heterocycles. The van der Waals surface area contributed by atoms with Crippen molar-refractivity contribution < 1.29 is 14.4 Å². The number of carbonyl (C=O) groups is 3. The number of nitrogens with one attached hydrogen (secondary N) is 3. The topological polar surface area (TPSA) is 129 Å². The van der Waals surface area contributed by atoms with Crippen molar-refractivity contribution in [1.29, 1.82) is 0 Å². The molecule has 10 heteroatoms. The summed E-state index contributed by atoms with van der Waals surface area (Å²) in [5, 5.41) is 8.92. The molecule has 33 heavy (non-hydrogen) atoms. The first-order chi connectivity index (χ1) is 15.3.